The molecule has 0 radical (unpaired) electrons. The predicted octanol–water partition coefficient (Wildman–Crippen LogP) is 4.70. The minimum Gasteiger partial charge on any atom is -0.372 e. The maximum absolute atomic E-state index is 6.25. The first-order valence-electron chi connectivity index (χ1n) is 7.88. The number of rotatable bonds is 8. The van der Waals surface area contributed by atoms with E-state index in [-0.39, 0.29) is 6.10 Å². The van der Waals surface area contributed by atoms with Crippen molar-refractivity contribution >= 4 is 15.9 Å². The summed E-state index contributed by atoms with van der Waals surface area (Å²) in [6.07, 6.45) is 6.74. The minimum absolute atomic E-state index is 0.151. The fourth-order valence-corrected chi connectivity index (χ4v) is 3.37. The molecular weight excluding hydrogens is 314 g/mol. The molecule has 2 rings (SSSR count). The molecule has 3 heteroatoms. The second kappa shape index (κ2) is 8.81. The molecule has 1 aromatic carbocycles. The molecule has 0 saturated heterocycles. The van der Waals surface area contributed by atoms with Crippen molar-refractivity contribution in [2.45, 2.75) is 45.1 Å². The summed E-state index contributed by atoms with van der Waals surface area (Å²) in [7, 11) is 0. The van der Waals surface area contributed by atoms with Crippen LogP contribution in [0.15, 0.2) is 28.7 Å². The fourth-order valence-electron chi connectivity index (χ4n) is 2.83. The van der Waals surface area contributed by atoms with E-state index in [1.807, 2.05) is 0 Å². The van der Waals surface area contributed by atoms with Crippen LogP contribution in [0, 0.1) is 5.92 Å². The summed E-state index contributed by atoms with van der Waals surface area (Å²) < 4.78 is 7.39. The molecule has 1 saturated carbocycles. The van der Waals surface area contributed by atoms with Gasteiger partial charge in [-0.05, 0) is 43.4 Å². The highest BCUT2D eigenvalue weighted by atomic mass is 79.9. The van der Waals surface area contributed by atoms with Crippen molar-refractivity contribution in [3.8, 4) is 0 Å². The molecule has 0 spiro atoms. The molecule has 1 aliphatic carbocycles. The van der Waals surface area contributed by atoms with Gasteiger partial charge in [0.15, 0.2) is 0 Å². The number of hydrogen-bond acceptors (Lipinski definition) is 2. The van der Waals surface area contributed by atoms with E-state index in [0.717, 1.165) is 36.5 Å². The number of halogens is 1. The van der Waals surface area contributed by atoms with Crippen LogP contribution in [0.1, 0.15) is 50.7 Å². The zero-order valence-electron chi connectivity index (χ0n) is 12.4. The van der Waals surface area contributed by atoms with Crippen molar-refractivity contribution in [2.24, 2.45) is 5.92 Å². The monoisotopic (exact) mass is 339 g/mol. The molecule has 1 unspecified atom stereocenters. The quantitative estimate of drug-likeness (QED) is 0.693. The highest BCUT2D eigenvalue weighted by Gasteiger charge is 2.19. The molecule has 1 aliphatic rings. The Labute approximate surface area is 131 Å². The van der Waals surface area contributed by atoms with Crippen LogP contribution in [0.5, 0.6) is 0 Å². The van der Waals surface area contributed by atoms with Crippen LogP contribution >= 0.6 is 15.9 Å². The van der Waals surface area contributed by atoms with Crippen LogP contribution in [0.2, 0.25) is 0 Å². The smallest absolute Gasteiger partial charge is 0.0960 e. The van der Waals surface area contributed by atoms with E-state index < -0.39 is 0 Å². The summed E-state index contributed by atoms with van der Waals surface area (Å²) in [5.41, 5.74) is 1.26. The molecule has 1 aromatic rings. The second-order valence-corrected chi connectivity index (χ2v) is 6.55. The third kappa shape index (κ3) is 4.87. The molecule has 0 heterocycles. The molecular formula is C17H26BrNO. The van der Waals surface area contributed by atoms with E-state index in [2.05, 4.69) is 52.4 Å². The molecule has 0 amide bonds. The summed E-state index contributed by atoms with van der Waals surface area (Å²) in [5.74, 6) is 0.770. The standard InChI is InChI=1S/C17H26BrNO/c1-2-11-19-12-17(15-9-5-6-10-16(15)18)20-13-14-7-3-4-8-14/h5-6,9-10,14,17,19H,2-4,7-8,11-13H2,1H3. The summed E-state index contributed by atoms with van der Waals surface area (Å²) >= 11 is 3.65. The Balaban J connectivity index is 1.94. The number of nitrogens with one attached hydrogen (secondary N) is 1. The van der Waals surface area contributed by atoms with Gasteiger partial charge in [0.05, 0.1) is 12.7 Å². The SMILES string of the molecule is CCCNCC(OCC1CCCC1)c1ccccc1Br. The molecule has 1 atom stereocenters. The van der Waals surface area contributed by atoms with Crippen molar-refractivity contribution in [1.82, 2.24) is 5.32 Å². The first-order chi connectivity index (χ1) is 9.81. The van der Waals surface area contributed by atoms with Crippen LogP contribution in [0.4, 0.5) is 0 Å². The lowest BCUT2D eigenvalue weighted by atomic mass is 10.1. The summed E-state index contributed by atoms with van der Waals surface area (Å²) in [6, 6.07) is 8.41. The van der Waals surface area contributed by atoms with Crippen molar-refractivity contribution in [2.75, 3.05) is 19.7 Å². The van der Waals surface area contributed by atoms with Gasteiger partial charge in [-0.15, -0.1) is 0 Å². The van der Waals surface area contributed by atoms with E-state index in [4.69, 9.17) is 4.74 Å². The summed E-state index contributed by atoms with van der Waals surface area (Å²) in [6.45, 7) is 5.04. The van der Waals surface area contributed by atoms with Gasteiger partial charge in [0.25, 0.3) is 0 Å². The van der Waals surface area contributed by atoms with Crippen molar-refractivity contribution in [3.05, 3.63) is 34.3 Å². The number of hydrogen-bond donors (Lipinski definition) is 1. The van der Waals surface area contributed by atoms with Crippen molar-refractivity contribution in [3.63, 3.8) is 0 Å². The van der Waals surface area contributed by atoms with E-state index in [1.54, 1.807) is 0 Å². The van der Waals surface area contributed by atoms with Gasteiger partial charge in [-0.25, -0.2) is 0 Å². The third-order valence-corrected chi connectivity index (χ3v) is 4.74. The number of benzene rings is 1. The molecule has 112 valence electrons. The van der Waals surface area contributed by atoms with Crippen LogP contribution < -0.4 is 5.32 Å². The molecule has 20 heavy (non-hydrogen) atoms. The van der Waals surface area contributed by atoms with E-state index in [1.165, 1.54) is 31.2 Å². The van der Waals surface area contributed by atoms with Gasteiger partial charge < -0.3 is 10.1 Å². The lowest BCUT2D eigenvalue weighted by molar-refractivity contribution is 0.0292. The van der Waals surface area contributed by atoms with Crippen LogP contribution in [-0.2, 0) is 4.74 Å². The molecule has 1 N–H and O–H groups in total. The Morgan fingerprint density at radius 2 is 2.05 bits per heavy atom. The largest absolute Gasteiger partial charge is 0.372 e. The maximum Gasteiger partial charge on any atom is 0.0960 e. The van der Waals surface area contributed by atoms with Crippen molar-refractivity contribution in [1.29, 1.82) is 0 Å². The van der Waals surface area contributed by atoms with Gasteiger partial charge in [0, 0.05) is 11.0 Å². The van der Waals surface area contributed by atoms with Gasteiger partial charge in [-0.2, -0.15) is 0 Å². The molecule has 0 aromatic heterocycles. The maximum atomic E-state index is 6.25. The first kappa shape index (κ1) is 16.0. The molecule has 1 fully saturated rings. The molecule has 2 nitrogen and oxygen atoms in total. The zero-order valence-corrected chi connectivity index (χ0v) is 14.0. The van der Waals surface area contributed by atoms with Gasteiger partial charge in [-0.1, -0.05) is 53.9 Å². The first-order valence-corrected chi connectivity index (χ1v) is 8.67. The Morgan fingerprint density at radius 1 is 1.30 bits per heavy atom. The predicted molar refractivity (Wildman–Crippen MR) is 88.0 cm³/mol. The van der Waals surface area contributed by atoms with Crippen LogP contribution in [0.3, 0.4) is 0 Å². The van der Waals surface area contributed by atoms with E-state index in [0.29, 0.717) is 0 Å². The number of ether oxygens (including phenoxy) is 1. The van der Waals surface area contributed by atoms with Gasteiger partial charge in [0.2, 0.25) is 0 Å². The van der Waals surface area contributed by atoms with Crippen LogP contribution in [-0.4, -0.2) is 19.7 Å². The lowest BCUT2D eigenvalue weighted by Crippen LogP contribution is -2.25. The van der Waals surface area contributed by atoms with Gasteiger partial charge in [0.1, 0.15) is 0 Å². The van der Waals surface area contributed by atoms with Crippen LogP contribution in [0.25, 0.3) is 0 Å². The average Bonchev–Trinajstić information content (AvgIpc) is 2.97. The second-order valence-electron chi connectivity index (χ2n) is 5.70. The Morgan fingerprint density at radius 3 is 2.75 bits per heavy atom. The summed E-state index contributed by atoms with van der Waals surface area (Å²) in [4.78, 5) is 0. The minimum atomic E-state index is 0.151. The highest BCUT2D eigenvalue weighted by molar-refractivity contribution is 9.10. The van der Waals surface area contributed by atoms with E-state index >= 15 is 0 Å². The average molecular weight is 340 g/mol. The van der Waals surface area contributed by atoms with Gasteiger partial charge >= 0.3 is 0 Å². The van der Waals surface area contributed by atoms with Gasteiger partial charge in [-0.3, -0.25) is 0 Å². The van der Waals surface area contributed by atoms with Crippen molar-refractivity contribution < 1.29 is 4.74 Å². The zero-order chi connectivity index (χ0) is 14.2. The Kier molecular flexibility index (Phi) is 7.05. The molecule has 0 aliphatic heterocycles. The molecule has 0 bridgehead atoms. The lowest BCUT2D eigenvalue weighted by Gasteiger charge is -2.22. The van der Waals surface area contributed by atoms with E-state index in [9.17, 15) is 0 Å². The normalized spacial score (nSPS) is 17.5. The highest BCUT2D eigenvalue weighted by Crippen LogP contribution is 2.29. The Hall–Kier alpha value is -0.380. The Bertz CT molecular complexity index is 390. The topological polar surface area (TPSA) is 21.3 Å². The summed E-state index contributed by atoms with van der Waals surface area (Å²) in [5, 5.41) is 3.49. The third-order valence-electron chi connectivity index (χ3n) is 4.02. The fraction of sp³-hybridized carbons (Fsp3) is 0.647.